The molecule has 0 heterocycles. The predicted octanol–water partition coefficient (Wildman–Crippen LogP) is 3.15. The molecule has 0 bridgehead atoms. The summed E-state index contributed by atoms with van der Waals surface area (Å²) in [5, 5.41) is 0.155. The molecule has 0 saturated heterocycles. The van der Waals surface area contributed by atoms with E-state index >= 15 is 0 Å². The Balaban J connectivity index is 4.40. The van der Waals surface area contributed by atoms with Gasteiger partial charge >= 0.3 is 0 Å². The summed E-state index contributed by atoms with van der Waals surface area (Å²) in [6.45, 7) is 14.7. The van der Waals surface area contributed by atoms with Crippen LogP contribution in [-0.2, 0) is 18.7 Å². The molecule has 2 atom stereocenters. The van der Waals surface area contributed by atoms with Gasteiger partial charge in [0.2, 0.25) is 0 Å². The Hall–Kier alpha value is 0.0869. The molecule has 6 heteroatoms. The van der Waals surface area contributed by atoms with Crippen molar-refractivity contribution >= 4 is 18.4 Å². The summed E-state index contributed by atoms with van der Waals surface area (Å²) in [4.78, 5) is 0. The molecule has 0 aliphatic heterocycles. The lowest BCUT2D eigenvalue weighted by Gasteiger charge is -2.38. The second-order valence-corrected chi connectivity index (χ2v) is 12.9. The lowest BCUT2D eigenvalue weighted by molar-refractivity contribution is 0.125. The van der Waals surface area contributed by atoms with Crippen molar-refractivity contribution in [3.8, 4) is 0 Å². The van der Waals surface area contributed by atoms with E-state index in [1.165, 1.54) is 0 Å². The van der Waals surface area contributed by atoms with Gasteiger partial charge in [-0.1, -0.05) is 20.8 Å². The Morgan fingerprint density at radius 2 is 1.56 bits per heavy atom. The van der Waals surface area contributed by atoms with Crippen molar-refractivity contribution in [2.75, 3.05) is 6.26 Å². The SMILES string of the molecule is C[C@@H](C[C@H](C)OS(C)(=O)=O)O[Si](C)(C)C(C)(C)C. The van der Waals surface area contributed by atoms with E-state index in [9.17, 15) is 8.42 Å². The first-order valence-corrected chi connectivity index (χ1v) is 11.0. The van der Waals surface area contributed by atoms with E-state index in [4.69, 9.17) is 8.61 Å². The van der Waals surface area contributed by atoms with Gasteiger partial charge in [-0.15, -0.1) is 0 Å². The van der Waals surface area contributed by atoms with Crippen molar-refractivity contribution in [3.63, 3.8) is 0 Å². The number of hydrogen-bond acceptors (Lipinski definition) is 4. The predicted molar refractivity (Wildman–Crippen MR) is 77.8 cm³/mol. The Morgan fingerprint density at radius 3 is 1.89 bits per heavy atom. The zero-order chi connectivity index (χ0) is 14.8. The van der Waals surface area contributed by atoms with Gasteiger partial charge < -0.3 is 4.43 Å². The van der Waals surface area contributed by atoms with E-state index in [1.54, 1.807) is 6.92 Å². The fourth-order valence-electron chi connectivity index (χ4n) is 1.53. The maximum atomic E-state index is 11.0. The lowest BCUT2D eigenvalue weighted by atomic mass is 10.2. The fraction of sp³-hybridized carbons (Fsp3) is 1.00. The van der Waals surface area contributed by atoms with Gasteiger partial charge in [0.1, 0.15) is 0 Å². The summed E-state index contributed by atoms with van der Waals surface area (Å²) >= 11 is 0. The Morgan fingerprint density at radius 1 is 1.11 bits per heavy atom. The fourth-order valence-corrected chi connectivity index (χ4v) is 3.66. The van der Waals surface area contributed by atoms with Crippen LogP contribution >= 0.6 is 0 Å². The topological polar surface area (TPSA) is 52.6 Å². The molecular weight excluding hydrogens is 268 g/mol. The Bertz CT molecular complexity index is 357. The van der Waals surface area contributed by atoms with Crippen LogP contribution in [0.1, 0.15) is 41.0 Å². The van der Waals surface area contributed by atoms with Gasteiger partial charge in [-0.2, -0.15) is 8.42 Å². The van der Waals surface area contributed by atoms with E-state index in [-0.39, 0.29) is 17.2 Å². The first-order chi connectivity index (χ1) is 7.74. The van der Waals surface area contributed by atoms with Crippen molar-refractivity contribution in [2.45, 2.75) is 71.4 Å². The molecule has 0 aromatic carbocycles. The minimum Gasteiger partial charge on any atom is -0.414 e. The van der Waals surface area contributed by atoms with Gasteiger partial charge in [-0.3, -0.25) is 4.18 Å². The molecule has 110 valence electrons. The molecule has 0 saturated carbocycles. The van der Waals surface area contributed by atoms with Crippen molar-refractivity contribution in [2.24, 2.45) is 0 Å². The van der Waals surface area contributed by atoms with Crippen molar-refractivity contribution in [1.29, 1.82) is 0 Å². The first kappa shape index (κ1) is 18.1. The molecule has 0 aromatic heterocycles. The molecule has 0 unspecified atom stereocenters. The number of hydrogen-bond donors (Lipinski definition) is 0. The summed E-state index contributed by atoms with van der Waals surface area (Å²) in [5.74, 6) is 0. The van der Waals surface area contributed by atoms with Gasteiger partial charge in [0.05, 0.1) is 12.4 Å². The highest BCUT2D eigenvalue weighted by atomic mass is 32.2. The summed E-state index contributed by atoms with van der Waals surface area (Å²) in [5.41, 5.74) is 0. The third-order valence-corrected chi connectivity index (χ3v) is 8.59. The van der Waals surface area contributed by atoms with Crippen LogP contribution in [0.4, 0.5) is 0 Å². The Labute approximate surface area is 113 Å². The molecule has 0 aromatic rings. The van der Waals surface area contributed by atoms with Gasteiger partial charge in [0, 0.05) is 6.10 Å². The average Bonchev–Trinajstić information content (AvgIpc) is 1.94. The minimum absolute atomic E-state index is 0.00245. The standard InChI is InChI=1S/C12H28O4SSi/c1-10(15-17(6,13)14)9-11(2)16-18(7,8)12(3,4)5/h10-11H,9H2,1-8H3/t10-,11-/m0/s1. The van der Waals surface area contributed by atoms with Crippen molar-refractivity contribution < 1.29 is 17.0 Å². The maximum Gasteiger partial charge on any atom is 0.264 e. The van der Waals surface area contributed by atoms with Gasteiger partial charge in [-0.05, 0) is 38.4 Å². The van der Waals surface area contributed by atoms with Crippen LogP contribution in [0.25, 0.3) is 0 Å². The smallest absolute Gasteiger partial charge is 0.264 e. The zero-order valence-corrected chi connectivity index (χ0v) is 14.7. The zero-order valence-electron chi connectivity index (χ0n) is 12.9. The van der Waals surface area contributed by atoms with Crippen LogP contribution in [-0.4, -0.2) is 35.2 Å². The van der Waals surface area contributed by atoms with Gasteiger partial charge in [0.15, 0.2) is 8.32 Å². The summed E-state index contributed by atoms with van der Waals surface area (Å²) in [6, 6.07) is 0. The first-order valence-electron chi connectivity index (χ1n) is 6.30. The van der Waals surface area contributed by atoms with Gasteiger partial charge in [0.25, 0.3) is 10.1 Å². The van der Waals surface area contributed by atoms with Gasteiger partial charge in [-0.25, -0.2) is 0 Å². The highest BCUT2D eigenvalue weighted by Gasteiger charge is 2.38. The maximum absolute atomic E-state index is 11.0. The van der Waals surface area contributed by atoms with E-state index in [2.05, 4.69) is 33.9 Å². The van der Waals surface area contributed by atoms with E-state index in [0.29, 0.717) is 6.42 Å². The normalized spacial score (nSPS) is 17.6. The van der Waals surface area contributed by atoms with E-state index < -0.39 is 18.4 Å². The summed E-state index contributed by atoms with van der Waals surface area (Å²) < 4.78 is 33.1. The molecule has 0 aliphatic rings. The molecule has 0 rings (SSSR count). The molecular formula is C12H28O4SSi. The van der Waals surface area contributed by atoms with E-state index in [1.807, 2.05) is 6.92 Å². The molecule has 0 N–H and O–H groups in total. The second-order valence-electron chi connectivity index (χ2n) is 6.54. The van der Waals surface area contributed by atoms with Crippen LogP contribution in [0.3, 0.4) is 0 Å². The third-order valence-electron chi connectivity index (χ3n) is 3.30. The van der Waals surface area contributed by atoms with Crippen LogP contribution in [0, 0.1) is 0 Å². The van der Waals surface area contributed by atoms with Crippen LogP contribution < -0.4 is 0 Å². The van der Waals surface area contributed by atoms with Crippen LogP contribution in [0.2, 0.25) is 18.1 Å². The highest BCUT2D eigenvalue weighted by molar-refractivity contribution is 7.86. The lowest BCUT2D eigenvalue weighted by Crippen LogP contribution is -2.43. The molecule has 0 spiro atoms. The number of rotatable bonds is 6. The average molecular weight is 297 g/mol. The summed E-state index contributed by atoms with van der Waals surface area (Å²) in [7, 11) is -5.18. The van der Waals surface area contributed by atoms with E-state index in [0.717, 1.165) is 6.26 Å². The highest BCUT2D eigenvalue weighted by Crippen LogP contribution is 2.37. The largest absolute Gasteiger partial charge is 0.414 e. The summed E-state index contributed by atoms with van der Waals surface area (Å²) in [6.07, 6.45) is 1.31. The van der Waals surface area contributed by atoms with Crippen molar-refractivity contribution in [3.05, 3.63) is 0 Å². The monoisotopic (exact) mass is 296 g/mol. The second kappa shape index (κ2) is 6.03. The van der Waals surface area contributed by atoms with Crippen LogP contribution in [0.15, 0.2) is 0 Å². The molecule has 0 aliphatic carbocycles. The molecule has 18 heavy (non-hydrogen) atoms. The molecule has 4 nitrogen and oxygen atoms in total. The minimum atomic E-state index is -3.39. The third kappa shape index (κ3) is 6.87. The quantitative estimate of drug-likeness (QED) is 0.558. The molecule has 0 radical (unpaired) electrons. The van der Waals surface area contributed by atoms with Crippen molar-refractivity contribution in [1.82, 2.24) is 0 Å². The molecule has 0 fully saturated rings. The van der Waals surface area contributed by atoms with Crippen LogP contribution in [0.5, 0.6) is 0 Å². The molecule has 0 amide bonds. The Kier molecular flexibility index (Phi) is 6.06.